The van der Waals surface area contributed by atoms with E-state index in [1.54, 1.807) is 0 Å². The van der Waals surface area contributed by atoms with Gasteiger partial charge < -0.3 is 20.4 Å². The lowest BCUT2D eigenvalue weighted by Gasteiger charge is -2.26. The maximum Gasteiger partial charge on any atom is 0.221 e. The molecular formula is C14H22N2O3. The molecule has 0 spiro atoms. The number of anilines is 2. The van der Waals surface area contributed by atoms with Gasteiger partial charge in [0, 0.05) is 31.4 Å². The fourth-order valence-electron chi connectivity index (χ4n) is 2.14. The minimum absolute atomic E-state index is 0.0167. The van der Waals surface area contributed by atoms with E-state index in [9.17, 15) is 4.79 Å². The first-order valence-corrected chi connectivity index (χ1v) is 6.35. The third-order valence-electron chi connectivity index (χ3n) is 3.03. The molecule has 3 N–H and O–H groups in total. The molecule has 0 aliphatic heterocycles. The maximum absolute atomic E-state index is 11.2. The molecule has 5 heteroatoms. The number of nitrogens with one attached hydrogen (secondary N) is 1. The number of carbonyl (C=O) groups excluding carboxylic acids is 1. The summed E-state index contributed by atoms with van der Waals surface area (Å²) in [6, 6.07) is 3.87. The van der Waals surface area contributed by atoms with Gasteiger partial charge in [0.25, 0.3) is 0 Å². The average molecular weight is 266 g/mol. The van der Waals surface area contributed by atoms with Gasteiger partial charge in [-0.2, -0.15) is 0 Å². The predicted octanol–water partition coefficient (Wildman–Crippen LogP) is 1.05. The quantitative estimate of drug-likeness (QED) is 0.719. The molecule has 106 valence electrons. The molecule has 0 aliphatic rings. The van der Waals surface area contributed by atoms with Crippen LogP contribution in [0.15, 0.2) is 12.1 Å². The molecule has 1 rings (SSSR count). The molecule has 0 heterocycles. The van der Waals surface area contributed by atoms with E-state index in [-0.39, 0.29) is 19.1 Å². The number of nitrogens with zero attached hydrogens (tertiary/aromatic N) is 1. The van der Waals surface area contributed by atoms with Crippen molar-refractivity contribution in [2.24, 2.45) is 0 Å². The minimum Gasteiger partial charge on any atom is -0.395 e. The number of hydrogen-bond acceptors (Lipinski definition) is 4. The SMILES string of the molecule is CC(=O)Nc1c(C)ccc(N(CCO)CCO)c1C. The van der Waals surface area contributed by atoms with Crippen LogP contribution in [-0.4, -0.2) is 42.4 Å². The summed E-state index contributed by atoms with van der Waals surface area (Å²) in [5.41, 5.74) is 3.64. The van der Waals surface area contributed by atoms with Gasteiger partial charge in [-0.05, 0) is 31.0 Å². The summed E-state index contributed by atoms with van der Waals surface area (Å²) >= 11 is 0. The van der Waals surface area contributed by atoms with Crippen molar-refractivity contribution in [1.82, 2.24) is 0 Å². The standard InChI is InChI=1S/C14H22N2O3/c1-10-4-5-13(16(6-8-17)7-9-18)11(2)14(10)15-12(3)19/h4-5,17-18H,6-9H2,1-3H3,(H,15,19). The second-order valence-corrected chi connectivity index (χ2v) is 4.52. The van der Waals surface area contributed by atoms with E-state index < -0.39 is 0 Å². The van der Waals surface area contributed by atoms with Crippen LogP contribution in [0.5, 0.6) is 0 Å². The number of rotatable bonds is 6. The van der Waals surface area contributed by atoms with E-state index in [1.807, 2.05) is 30.9 Å². The normalized spacial score (nSPS) is 10.4. The van der Waals surface area contributed by atoms with Crippen LogP contribution < -0.4 is 10.2 Å². The van der Waals surface area contributed by atoms with Gasteiger partial charge in [0.2, 0.25) is 5.91 Å². The fraction of sp³-hybridized carbons (Fsp3) is 0.500. The van der Waals surface area contributed by atoms with Gasteiger partial charge in [0.05, 0.1) is 13.2 Å². The smallest absolute Gasteiger partial charge is 0.221 e. The van der Waals surface area contributed by atoms with Gasteiger partial charge in [-0.3, -0.25) is 4.79 Å². The molecule has 1 aromatic rings. The average Bonchev–Trinajstić information content (AvgIpc) is 2.34. The summed E-state index contributed by atoms with van der Waals surface area (Å²) in [5, 5.41) is 21.0. The Kier molecular flexibility index (Phi) is 5.79. The van der Waals surface area contributed by atoms with E-state index in [2.05, 4.69) is 5.32 Å². The number of amides is 1. The van der Waals surface area contributed by atoms with Crippen molar-refractivity contribution in [2.75, 3.05) is 36.5 Å². The summed E-state index contributed by atoms with van der Waals surface area (Å²) in [7, 11) is 0. The Labute approximate surface area is 113 Å². The molecule has 0 aromatic heterocycles. The molecule has 0 saturated heterocycles. The molecule has 0 saturated carbocycles. The second kappa shape index (κ2) is 7.11. The molecule has 0 fully saturated rings. The number of aliphatic hydroxyl groups excluding tert-OH is 2. The number of aliphatic hydroxyl groups is 2. The van der Waals surface area contributed by atoms with Gasteiger partial charge in [-0.1, -0.05) is 6.07 Å². The Morgan fingerprint density at radius 1 is 1.21 bits per heavy atom. The van der Waals surface area contributed by atoms with Gasteiger partial charge in [0.15, 0.2) is 0 Å². The van der Waals surface area contributed by atoms with Crippen LogP contribution in [0.25, 0.3) is 0 Å². The van der Waals surface area contributed by atoms with E-state index >= 15 is 0 Å². The summed E-state index contributed by atoms with van der Waals surface area (Å²) in [6.45, 7) is 6.27. The van der Waals surface area contributed by atoms with Gasteiger partial charge in [0.1, 0.15) is 0 Å². The molecule has 0 bridgehead atoms. The first-order chi connectivity index (χ1) is 9.01. The van der Waals surface area contributed by atoms with Gasteiger partial charge >= 0.3 is 0 Å². The van der Waals surface area contributed by atoms with Crippen LogP contribution in [0.4, 0.5) is 11.4 Å². The molecule has 19 heavy (non-hydrogen) atoms. The van der Waals surface area contributed by atoms with Crippen molar-refractivity contribution in [2.45, 2.75) is 20.8 Å². The topological polar surface area (TPSA) is 72.8 Å². The highest BCUT2D eigenvalue weighted by molar-refractivity contribution is 5.91. The fourth-order valence-corrected chi connectivity index (χ4v) is 2.14. The van der Waals surface area contributed by atoms with Crippen LogP contribution in [0.3, 0.4) is 0 Å². The maximum atomic E-state index is 11.2. The monoisotopic (exact) mass is 266 g/mol. The van der Waals surface area contributed by atoms with Crippen molar-refractivity contribution < 1.29 is 15.0 Å². The zero-order valence-corrected chi connectivity index (χ0v) is 11.7. The molecule has 0 aliphatic carbocycles. The van der Waals surface area contributed by atoms with E-state index in [1.165, 1.54) is 6.92 Å². The Morgan fingerprint density at radius 2 is 1.79 bits per heavy atom. The first kappa shape index (κ1) is 15.5. The van der Waals surface area contributed by atoms with E-state index in [4.69, 9.17) is 10.2 Å². The molecule has 0 unspecified atom stereocenters. The van der Waals surface area contributed by atoms with Crippen molar-refractivity contribution in [3.63, 3.8) is 0 Å². The number of hydrogen-bond donors (Lipinski definition) is 3. The molecule has 0 atom stereocenters. The lowest BCUT2D eigenvalue weighted by atomic mass is 10.1. The van der Waals surface area contributed by atoms with Crippen LogP contribution in [0.2, 0.25) is 0 Å². The van der Waals surface area contributed by atoms with Crippen molar-refractivity contribution >= 4 is 17.3 Å². The highest BCUT2D eigenvalue weighted by atomic mass is 16.3. The lowest BCUT2D eigenvalue weighted by Crippen LogP contribution is -2.30. The molecule has 1 aromatic carbocycles. The molecule has 1 amide bonds. The summed E-state index contributed by atoms with van der Waals surface area (Å²) in [6.07, 6.45) is 0. The molecule has 0 radical (unpaired) electrons. The zero-order valence-electron chi connectivity index (χ0n) is 11.7. The Hall–Kier alpha value is -1.59. The van der Waals surface area contributed by atoms with Crippen molar-refractivity contribution in [3.8, 4) is 0 Å². The number of carbonyl (C=O) groups is 1. The number of benzene rings is 1. The Bertz CT molecular complexity index is 441. The van der Waals surface area contributed by atoms with Crippen LogP contribution >= 0.6 is 0 Å². The van der Waals surface area contributed by atoms with Crippen molar-refractivity contribution in [1.29, 1.82) is 0 Å². The highest BCUT2D eigenvalue weighted by Gasteiger charge is 2.13. The molecular weight excluding hydrogens is 244 g/mol. The van der Waals surface area contributed by atoms with Crippen LogP contribution in [0, 0.1) is 13.8 Å². The largest absolute Gasteiger partial charge is 0.395 e. The van der Waals surface area contributed by atoms with Gasteiger partial charge in [-0.25, -0.2) is 0 Å². The third-order valence-corrected chi connectivity index (χ3v) is 3.03. The van der Waals surface area contributed by atoms with Crippen molar-refractivity contribution in [3.05, 3.63) is 23.3 Å². The summed E-state index contributed by atoms with van der Waals surface area (Å²) < 4.78 is 0. The second-order valence-electron chi connectivity index (χ2n) is 4.52. The van der Waals surface area contributed by atoms with Gasteiger partial charge in [-0.15, -0.1) is 0 Å². The molecule has 5 nitrogen and oxygen atoms in total. The van der Waals surface area contributed by atoms with E-state index in [0.29, 0.717) is 13.1 Å². The third kappa shape index (κ3) is 3.94. The lowest BCUT2D eigenvalue weighted by molar-refractivity contribution is -0.114. The zero-order chi connectivity index (χ0) is 14.4. The highest BCUT2D eigenvalue weighted by Crippen LogP contribution is 2.29. The number of aryl methyl sites for hydroxylation is 1. The predicted molar refractivity (Wildman–Crippen MR) is 76.6 cm³/mol. The van der Waals surface area contributed by atoms with E-state index in [0.717, 1.165) is 22.5 Å². The van der Waals surface area contributed by atoms with Crippen LogP contribution in [0.1, 0.15) is 18.1 Å². The first-order valence-electron chi connectivity index (χ1n) is 6.35. The Morgan fingerprint density at radius 3 is 2.26 bits per heavy atom. The summed E-state index contributed by atoms with van der Waals surface area (Å²) in [5.74, 6) is -0.112. The summed E-state index contributed by atoms with van der Waals surface area (Å²) in [4.78, 5) is 13.1. The Balaban J connectivity index is 3.16. The minimum atomic E-state index is -0.112. The van der Waals surface area contributed by atoms with Crippen LogP contribution in [-0.2, 0) is 4.79 Å².